The van der Waals surface area contributed by atoms with Crippen molar-refractivity contribution in [3.8, 4) is 17.2 Å². The summed E-state index contributed by atoms with van der Waals surface area (Å²) in [5, 5.41) is 12.7. The molecule has 0 spiro atoms. The van der Waals surface area contributed by atoms with E-state index in [1.807, 2.05) is 70.2 Å². The average Bonchev–Trinajstić information content (AvgIpc) is 3.42. The van der Waals surface area contributed by atoms with Gasteiger partial charge < -0.3 is 14.0 Å². The molecule has 0 bridgehead atoms. The first-order chi connectivity index (χ1) is 16.9. The first-order valence-corrected chi connectivity index (χ1v) is 12.5. The Bertz CT molecular complexity index is 1390. The lowest BCUT2D eigenvalue weighted by atomic mass is 10.1. The average molecular weight is 490 g/mol. The van der Waals surface area contributed by atoms with E-state index >= 15 is 0 Å². The van der Waals surface area contributed by atoms with Crippen LogP contribution in [0.1, 0.15) is 32.9 Å². The molecule has 9 heteroatoms. The quantitative estimate of drug-likeness (QED) is 0.279. The Morgan fingerprint density at radius 3 is 2.69 bits per heavy atom. The number of para-hydroxylation sites is 2. The molecule has 5 rings (SSSR count). The molecular weight excluding hydrogens is 462 g/mol. The summed E-state index contributed by atoms with van der Waals surface area (Å²) < 4.78 is 15.8. The van der Waals surface area contributed by atoms with E-state index in [1.54, 1.807) is 4.68 Å². The van der Waals surface area contributed by atoms with E-state index < -0.39 is 0 Å². The molecule has 0 aliphatic carbocycles. The van der Waals surface area contributed by atoms with Crippen molar-refractivity contribution in [3.63, 3.8) is 0 Å². The maximum absolute atomic E-state index is 13.2. The van der Waals surface area contributed by atoms with Crippen LogP contribution in [-0.2, 0) is 6.54 Å². The SMILES string of the molecule is Cc1ccc(-n2nnnc2SCC(=O)c2cc(C)n(CC3COc4ccccc4O3)c2C)c(C)c1. The number of thioether (sulfide) groups is 1. The van der Waals surface area contributed by atoms with Crippen molar-refractivity contribution in [2.75, 3.05) is 12.4 Å². The molecule has 2 aromatic heterocycles. The number of carbonyl (C=O) groups excluding carboxylic acids is 1. The molecule has 3 heterocycles. The van der Waals surface area contributed by atoms with Gasteiger partial charge in [-0.2, -0.15) is 4.68 Å². The predicted molar refractivity (Wildman–Crippen MR) is 134 cm³/mol. The number of Topliss-reactive ketones (excluding diaryl/α,β-unsaturated/α-hetero) is 1. The molecule has 0 radical (unpaired) electrons. The van der Waals surface area contributed by atoms with Crippen LogP contribution >= 0.6 is 11.8 Å². The van der Waals surface area contributed by atoms with Gasteiger partial charge >= 0.3 is 0 Å². The van der Waals surface area contributed by atoms with E-state index in [1.165, 1.54) is 17.3 Å². The molecule has 2 aromatic carbocycles. The van der Waals surface area contributed by atoms with Gasteiger partial charge in [0.2, 0.25) is 5.16 Å². The first-order valence-electron chi connectivity index (χ1n) is 11.5. The van der Waals surface area contributed by atoms with Gasteiger partial charge in [-0.05, 0) is 68.0 Å². The van der Waals surface area contributed by atoms with Crippen molar-refractivity contribution in [3.05, 3.63) is 76.6 Å². The molecule has 0 fully saturated rings. The summed E-state index contributed by atoms with van der Waals surface area (Å²) in [5.74, 6) is 1.79. The number of aryl methyl sites for hydroxylation is 3. The fourth-order valence-corrected chi connectivity index (χ4v) is 5.16. The number of hydrogen-bond donors (Lipinski definition) is 0. The van der Waals surface area contributed by atoms with Crippen molar-refractivity contribution in [2.45, 2.75) is 45.5 Å². The molecule has 0 N–H and O–H groups in total. The van der Waals surface area contributed by atoms with Crippen molar-refractivity contribution in [1.82, 2.24) is 24.8 Å². The Morgan fingerprint density at radius 2 is 1.89 bits per heavy atom. The van der Waals surface area contributed by atoms with Gasteiger partial charge in [-0.1, -0.05) is 41.6 Å². The van der Waals surface area contributed by atoms with E-state index in [0.29, 0.717) is 23.9 Å². The number of carbonyl (C=O) groups is 1. The predicted octanol–water partition coefficient (Wildman–Crippen LogP) is 4.51. The lowest BCUT2D eigenvalue weighted by Crippen LogP contribution is -2.33. The molecule has 35 heavy (non-hydrogen) atoms. The molecule has 1 aliphatic rings. The number of tetrazole rings is 1. The Kier molecular flexibility index (Phi) is 6.34. The van der Waals surface area contributed by atoms with Crippen LogP contribution in [0.4, 0.5) is 0 Å². The van der Waals surface area contributed by atoms with Crippen LogP contribution < -0.4 is 9.47 Å². The van der Waals surface area contributed by atoms with E-state index in [-0.39, 0.29) is 17.6 Å². The minimum atomic E-state index is -0.130. The lowest BCUT2D eigenvalue weighted by molar-refractivity contribution is 0.0777. The molecule has 0 saturated heterocycles. The number of ether oxygens (including phenoxy) is 2. The zero-order valence-corrected chi connectivity index (χ0v) is 21.0. The van der Waals surface area contributed by atoms with Gasteiger partial charge in [-0.25, -0.2) is 0 Å². The third-order valence-electron chi connectivity index (χ3n) is 6.18. The van der Waals surface area contributed by atoms with Crippen LogP contribution in [0.2, 0.25) is 0 Å². The van der Waals surface area contributed by atoms with E-state index in [0.717, 1.165) is 34.1 Å². The molecular formula is C26H27N5O3S. The van der Waals surface area contributed by atoms with Crippen LogP contribution in [0, 0.1) is 27.7 Å². The molecule has 180 valence electrons. The van der Waals surface area contributed by atoms with Gasteiger partial charge in [-0.15, -0.1) is 5.10 Å². The second-order valence-electron chi connectivity index (χ2n) is 8.77. The van der Waals surface area contributed by atoms with E-state index in [9.17, 15) is 4.79 Å². The molecule has 1 aliphatic heterocycles. The summed E-state index contributed by atoms with van der Waals surface area (Å²) in [6.07, 6.45) is -0.130. The Morgan fingerprint density at radius 1 is 1.09 bits per heavy atom. The maximum atomic E-state index is 13.2. The normalized spacial score (nSPS) is 14.8. The van der Waals surface area contributed by atoms with Crippen LogP contribution in [0.15, 0.2) is 53.7 Å². The van der Waals surface area contributed by atoms with Crippen LogP contribution in [0.25, 0.3) is 5.69 Å². The highest BCUT2D eigenvalue weighted by atomic mass is 32.2. The van der Waals surface area contributed by atoms with Gasteiger partial charge in [0.25, 0.3) is 0 Å². The van der Waals surface area contributed by atoms with Gasteiger partial charge in [0.15, 0.2) is 23.4 Å². The Labute approximate surface area is 208 Å². The highest BCUT2D eigenvalue weighted by molar-refractivity contribution is 7.99. The number of aromatic nitrogens is 5. The second kappa shape index (κ2) is 9.58. The monoisotopic (exact) mass is 489 g/mol. The summed E-state index contributed by atoms with van der Waals surface area (Å²) in [6.45, 7) is 9.13. The molecule has 0 amide bonds. The fraction of sp³-hybridized carbons (Fsp3) is 0.308. The van der Waals surface area contributed by atoms with Crippen LogP contribution in [0.3, 0.4) is 0 Å². The van der Waals surface area contributed by atoms with Crippen molar-refractivity contribution in [1.29, 1.82) is 0 Å². The van der Waals surface area contributed by atoms with Crippen LogP contribution in [0.5, 0.6) is 11.5 Å². The van der Waals surface area contributed by atoms with Crippen molar-refractivity contribution < 1.29 is 14.3 Å². The highest BCUT2D eigenvalue weighted by Crippen LogP contribution is 2.32. The summed E-state index contributed by atoms with van der Waals surface area (Å²) in [5.41, 5.74) is 5.80. The largest absolute Gasteiger partial charge is 0.486 e. The molecule has 1 atom stereocenters. The molecule has 4 aromatic rings. The minimum absolute atomic E-state index is 0.0377. The van der Waals surface area contributed by atoms with Gasteiger partial charge in [-0.3, -0.25) is 4.79 Å². The lowest BCUT2D eigenvalue weighted by Gasteiger charge is -2.27. The molecule has 8 nitrogen and oxygen atoms in total. The second-order valence-corrected chi connectivity index (χ2v) is 9.71. The third kappa shape index (κ3) is 4.68. The van der Waals surface area contributed by atoms with E-state index in [2.05, 4.69) is 26.2 Å². The van der Waals surface area contributed by atoms with E-state index in [4.69, 9.17) is 9.47 Å². The fourth-order valence-electron chi connectivity index (χ4n) is 4.39. The van der Waals surface area contributed by atoms with Gasteiger partial charge in [0.05, 0.1) is 18.0 Å². The smallest absolute Gasteiger partial charge is 0.214 e. The maximum Gasteiger partial charge on any atom is 0.214 e. The number of ketones is 1. The third-order valence-corrected chi connectivity index (χ3v) is 7.10. The number of benzene rings is 2. The standard InChI is InChI=1S/C26H27N5O3S/c1-16-9-10-22(17(2)11-16)31-26(27-28-29-31)35-15-23(32)21-12-18(3)30(19(21)4)13-20-14-33-24-7-5-6-8-25(24)34-20/h5-12,20H,13-15H2,1-4H3. The summed E-state index contributed by atoms with van der Waals surface area (Å²) in [7, 11) is 0. The minimum Gasteiger partial charge on any atom is -0.486 e. The summed E-state index contributed by atoms with van der Waals surface area (Å²) in [4.78, 5) is 13.2. The summed E-state index contributed by atoms with van der Waals surface area (Å²) >= 11 is 1.34. The van der Waals surface area contributed by atoms with Gasteiger partial charge in [0.1, 0.15) is 6.61 Å². The Balaban J connectivity index is 1.28. The zero-order chi connectivity index (χ0) is 24.5. The Hall–Kier alpha value is -3.59. The number of nitrogens with zero attached hydrogens (tertiary/aromatic N) is 5. The summed E-state index contributed by atoms with van der Waals surface area (Å²) in [6, 6.07) is 15.7. The van der Waals surface area contributed by atoms with Crippen LogP contribution in [-0.4, -0.2) is 49.0 Å². The first kappa shape index (κ1) is 23.2. The highest BCUT2D eigenvalue weighted by Gasteiger charge is 2.24. The molecule has 1 unspecified atom stereocenters. The number of hydrogen-bond acceptors (Lipinski definition) is 7. The van der Waals surface area contributed by atoms with Crippen molar-refractivity contribution in [2.24, 2.45) is 0 Å². The zero-order valence-electron chi connectivity index (χ0n) is 20.2. The van der Waals surface area contributed by atoms with Crippen molar-refractivity contribution >= 4 is 17.5 Å². The number of rotatable bonds is 7. The van der Waals surface area contributed by atoms with Gasteiger partial charge in [0, 0.05) is 17.0 Å². The topological polar surface area (TPSA) is 84.1 Å². The molecule has 0 saturated carbocycles. The number of fused-ring (bicyclic) bond motifs is 1.